The summed E-state index contributed by atoms with van der Waals surface area (Å²) in [6.45, 7) is 6.38. The molecule has 6 nitrogen and oxygen atoms in total. The fraction of sp³-hybridized carbons (Fsp3) is 0.500. The fourth-order valence-corrected chi connectivity index (χ4v) is 2.19. The van der Waals surface area contributed by atoms with Gasteiger partial charge in [0.2, 0.25) is 5.91 Å². The number of amides is 3. The van der Waals surface area contributed by atoms with Crippen molar-refractivity contribution in [3.8, 4) is 0 Å². The van der Waals surface area contributed by atoms with Crippen LogP contribution in [0.5, 0.6) is 0 Å². The van der Waals surface area contributed by atoms with Crippen molar-refractivity contribution in [2.75, 3.05) is 36.9 Å². The van der Waals surface area contributed by atoms with Crippen LogP contribution in [-0.2, 0) is 9.53 Å². The van der Waals surface area contributed by atoms with Crippen molar-refractivity contribution in [1.82, 2.24) is 4.90 Å². The Hall–Kier alpha value is -2.08. The molecule has 1 aromatic carbocycles. The van der Waals surface area contributed by atoms with E-state index in [9.17, 15) is 9.59 Å². The van der Waals surface area contributed by atoms with Gasteiger partial charge in [-0.2, -0.15) is 0 Å². The summed E-state index contributed by atoms with van der Waals surface area (Å²) in [4.78, 5) is 25.5. The average molecular weight is 305 g/mol. The number of morpholine rings is 1. The number of nitrogens with zero attached hydrogens (tertiary/aromatic N) is 1. The van der Waals surface area contributed by atoms with Gasteiger partial charge in [-0.25, -0.2) is 4.79 Å². The average Bonchev–Trinajstić information content (AvgIpc) is 2.49. The lowest BCUT2D eigenvalue weighted by Crippen LogP contribution is -2.43. The topological polar surface area (TPSA) is 70.7 Å². The number of carbonyl (C=O) groups is 2. The Morgan fingerprint density at radius 1 is 1.09 bits per heavy atom. The molecule has 1 aliphatic heterocycles. The van der Waals surface area contributed by atoms with Crippen molar-refractivity contribution in [2.45, 2.75) is 20.3 Å². The molecule has 22 heavy (non-hydrogen) atoms. The maximum atomic E-state index is 12.0. The second-order valence-corrected chi connectivity index (χ2v) is 5.75. The molecule has 0 aliphatic carbocycles. The van der Waals surface area contributed by atoms with Crippen LogP contribution in [0.25, 0.3) is 0 Å². The number of carbonyl (C=O) groups excluding carboxylic acids is 2. The zero-order chi connectivity index (χ0) is 15.9. The summed E-state index contributed by atoms with van der Waals surface area (Å²) in [5, 5.41) is 5.68. The van der Waals surface area contributed by atoms with Gasteiger partial charge in [-0.1, -0.05) is 13.8 Å². The number of hydrogen-bond donors (Lipinski definition) is 2. The summed E-state index contributed by atoms with van der Waals surface area (Å²) >= 11 is 0. The van der Waals surface area contributed by atoms with Crippen LogP contribution in [0, 0.1) is 5.92 Å². The van der Waals surface area contributed by atoms with Crippen LogP contribution in [0.1, 0.15) is 20.3 Å². The van der Waals surface area contributed by atoms with Gasteiger partial charge >= 0.3 is 6.03 Å². The van der Waals surface area contributed by atoms with Gasteiger partial charge in [-0.05, 0) is 30.2 Å². The molecular formula is C16H23N3O3. The first-order valence-electron chi connectivity index (χ1n) is 7.58. The van der Waals surface area contributed by atoms with E-state index in [-0.39, 0.29) is 11.9 Å². The molecule has 1 fully saturated rings. The van der Waals surface area contributed by atoms with Gasteiger partial charge < -0.3 is 20.3 Å². The van der Waals surface area contributed by atoms with E-state index < -0.39 is 0 Å². The van der Waals surface area contributed by atoms with Crippen LogP contribution in [0.4, 0.5) is 16.2 Å². The Morgan fingerprint density at radius 3 is 2.18 bits per heavy atom. The van der Waals surface area contributed by atoms with Crippen molar-refractivity contribution in [2.24, 2.45) is 5.92 Å². The van der Waals surface area contributed by atoms with Gasteiger partial charge in [-0.15, -0.1) is 0 Å². The maximum Gasteiger partial charge on any atom is 0.321 e. The molecule has 0 radical (unpaired) electrons. The third-order valence-corrected chi connectivity index (χ3v) is 3.31. The lowest BCUT2D eigenvalue weighted by molar-refractivity contribution is -0.116. The van der Waals surface area contributed by atoms with Crippen LogP contribution >= 0.6 is 0 Å². The molecular weight excluding hydrogens is 282 g/mol. The zero-order valence-corrected chi connectivity index (χ0v) is 13.1. The predicted molar refractivity (Wildman–Crippen MR) is 85.9 cm³/mol. The van der Waals surface area contributed by atoms with E-state index in [0.29, 0.717) is 44.3 Å². The van der Waals surface area contributed by atoms with E-state index in [1.165, 1.54) is 0 Å². The minimum absolute atomic E-state index is 0.0000947. The Kier molecular flexibility index (Phi) is 5.77. The van der Waals surface area contributed by atoms with Gasteiger partial charge in [0.25, 0.3) is 0 Å². The highest BCUT2D eigenvalue weighted by Gasteiger charge is 2.16. The Bertz CT molecular complexity index is 508. The molecule has 2 N–H and O–H groups in total. The molecule has 0 aromatic heterocycles. The van der Waals surface area contributed by atoms with E-state index in [1.807, 2.05) is 13.8 Å². The number of hydrogen-bond acceptors (Lipinski definition) is 3. The number of urea groups is 1. The zero-order valence-electron chi connectivity index (χ0n) is 13.1. The Morgan fingerprint density at radius 2 is 1.64 bits per heavy atom. The Balaban J connectivity index is 1.86. The quantitative estimate of drug-likeness (QED) is 0.898. The molecule has 1 saturated heterocycles. The highest BCUT2D eigenvalue weighted by atomic mass is 16.5. The highest BCUT2D eigenvalue weighted by molar-refractivity contribution is 5.92. The summed E-state index contributed by atoms with van der Waals surface area (Å²) < 4.78 is 5.22. The predicted octanol–water partition coefficient (Wildman–Crippen LogP) is 2.54. The molecule has 120 valence electrons. The van der Waals surface area contributed by atoms with Crippen LogP contribution in [-0.4, -0.2) is 43.1 Å². The smallest absolute Gasteiger partial charge is 0.321 e. The Labute approximate surface area is 130 Å². The van der Waals surface area contributed by atoms with Crippen molar-refractivity contribution >= 4 is 23.3 Å². The van der Waals surface area contributed by atoms with E-state index in [2.05, 4.69) is 10.6 Å². The number of anilines is 2. The second kappa shape index (κ2) is 7.79. The summed E-state index contributed by atoms with van der Waals surface area (Å²) in [6, 6.07) is 7.01. The molecule has 0 atom stereocenters. The standard InChI is InChI=1S/C16H23N3O3/c1-12(2)11-15(20)17-13-3-5-14(6-4-13)18-16(21)19-7-9-22-10-8-19/h3-6,12H,7-11H2,1-2H3,(H,17,20)(H,18,21). The maximum absolute atomic E-state index is 12.0. The van der Waals surface area contributed by atoms with E-state index in [1.54, 1.807) is 29.2 Å². The van der Waals surface area contributed by atoms with E-state index in [0.717, 1.165) is 5.69 Å². The summed E-state index contributed by atoms with van der Waals surface area (Å²) in [6.07, 6.45) is 0.496. The van der Waals surface area contributed by atoms with Gasteiger partial charge in [0.15, 0.2) is 0 Å². The third kappa shape index (κ3) is 5.04. The second-order valence-electron chi connectivity index (χ2n) is 5.75. The summed E-state index contributed by atoms with van der Waals surface area (Å²) in [5.41, 5.74) is 1.44. The molecule has 0 bridgehead atoms. The van der Waals surface area contributed by atoms with Gasteiger partial charge in [0.05, 0.1) is 13.2 Å². The molecule has 0 spiro atoms. The largest absolute Gasteiger partial charge is 0.378 e. The van der Waals surface area contributed by atoms with Gasteiger partial charge in [0, 0.05) is 30.9 Å². The molecule has 1 aliphatic rings. The summed E-state index contributed by atoms with van der Waals surface area (Å²) in [5.74, 6) is 0.326. The molecule has 2 rings (SSSR count). The SMILES string of the molecule is CC(C)CC(=O)Nc1ccc(NC(=O)N2CCOCC2)cc1. The van der Waals surface area contributed by atoms with Crippen molar-refractivity contribution < 1.29 is 14.3 Å². The first kappa shape index (κ1) is 16.3. The highest BCUT2D eigenvalue weighted by Crippen LogP contribution is 2.15. The van der Waals surface area contributed by atoms with Crippen molar-refractivity contribution in [1.29, 1.82) is 0 Å². The van der Waals surface area contributed by atoms with E-state index in [4.69, 9.17) is 4.74 Å². The monoisotopic (exact) mass is 305 g/mol. The molecule has 0 saturated carbocycles. The van der Waals surface area contributed by atoms with Crippen LogP contribution in [0.15, 0.2) is 24.3 Å². The van der Waals surface area contributed by atoms with Crippen LogP contribution in [0.3, 0.4) is 0 Å². The third-order valence-electron chi connectivity index (χ3n) is 3.31. The molecule has 6 heteroatoms. The summed E-state index contributed by atoms with van der Waals surface area (Å²) in [7, 11) is 0. The number of ether oxygens (including phenoxy) is 1. The molecule has 1 aromatic rings. The van der Waals surface area contributed by atoms with Crippen LogP contribution in [0.2, 0.25) is 0 Å². The fourth-order valence-electron chi connectivity index (χ4n) is 2.19. The molecule has 3 amide bonds. The number of rotatable bonds is 4. The van der Waals surface area contributed by atoms with Crippen LogP contribution < -0.4 is 10.6 Å². The number of nitrogens with one attached hydrogen (secondary N) is 2. The first-order valence-corrected chi connectivity index (χ1v) is 7.58. The molecule has 1 heterocycles. The van der Waals surface area contributed by atoms with E-state index >= 15 is 0 Å². The van der Waals surface area contributed by atoms with Crippen molar-refractivity contribution in [3.05, 3.63) is 24.3 Å². The first-order chi connectivity index (χ1) is 10.5. The molecule has 0 unspecified atom stereocenters. The minimum Gasteiger partial charge on any atom is -0.378 e. The lowest BCUT2D eigenvalue weighted by atomic mass is 10.1. The van der Waals surface area contributed by atoms with Gasteiger partial charge in [-0.3, -0.25) is 4.79 Å². The minimum atomic E-state index is -0.125. The normalized spacial score (nSPS) is 14.8. The number of benzene rings is 1. The van der Waals surface area contributed by atoms with Crippen molar-refractivity contribution in [3.63, 3.8) is 0 Å². The lowest BCUT2D eigenvalue weighted by Gasteiger charge is -2.26. The van der Waals surface area contributed by atoms with Gasteiger partial charge in [0.1, 0.15) is 0 Å².